The summed E-state index contributed by atoms with van der Waals surface area (Å²) in [6.07, 6.45) is 1.56. The number of para-hydroxylation sites is 1. The average molecular weight is 527 g/mol. The van der Waals surface area contributed by atoms with E-state index >= 15 is 0 Å². The van der Waals surface area contributed by atoms with Gasteiger partial charge in [-0.05, 0) is 92.6 Å². The van der Waals surface area contributed by atoms with Gasteiger partial charge in [-0.1, -0.05) is 29.8 Å². The van der Waals surface area contributed by atoms with E-state index in [1.807, 2.05) is 57.2 Å². The lowest BCUT2D eigenvalue weighted by atomic mass is 10.1. The van der Waals surface area contributed by atoms with Crippen molar-refractivity contribution in [2.75, 3.05) is 5.32 Å². The number of aryl methyl sites for hydroxylation is 2. The van der Waals surface area contributed by atoms with E-state index in [2.05, 4.69) is 5.32 Å². The lowest BCUT2D eigenvalue weighted by molar-refractivity contribution is 0.179. The normalized spacial score (nSPS) is 11.9. The lowest BCUT2D eigenvalue weighted by Crippen LogP contribution is -2.39. The first-order valence-electron chi connectivity index (χ1n) is 12.3. The number of amides is 2. The molecule has 5 rings (SSSR count). The fraction of sp³-hybridized carbons (Fsp3) is 0.167. The molecule has 3 aromatic carbocycles. The Morgan fingerprint density at radius 1 is 1.03 bits per heavy atom. The summed E-state index contributed by atoms with van der Waals surface area (Å²) in [7, 11) is 0. The molecular formula is C30H27ClN4O3. The summed E-state index contributed by atoms with van der Waals surface area (Å²) >= 11 is 6.02. The summed E-state index contributed by atoms with van der Waals surface area (Å²) in [4.78, 5) is 34.0. The standard InChI is InChI=1S/C30H27ClN4O3/c1-19-10-15-24(17-20(19)2)35-28(33-27-9-5-4-8-26(27)29(35)36)21(3)34(18-25-7-6-16-38-25)30(37)32-23-13-11-22(31)12-14-23/h4-17,21H,18H2,1-3H3,(H,32,37). The number of rotatable bonds is 6. The summed E-state index contributed by atoms with van der Waals surface area (Å²) in [5, 5.41) is 4.01. The van der Waals surface area contributed by atoms with Crippen molar-refractivity contribution < 1.29 is 9.21 Å². The maximum atomic E-state index is 13.9. The van der Waals surface area contributed by atoms with E-state index in [1.165, 1.54) is 0 Å². The number of carbonyl (C=O) groups is 1. The van der Waals surface area contributed by atoms with Crippen LogP contribution in [0.3, 0.4) is 0 Å². The first-order chi connectivity index (χ1) is 18.3. The topological polar surface area (TPSA) is 80.4 Å². The molecule has 38 heavy (non-hydrogen) atoms. The van der Waals surface area contributed by atoms with Crippen LogP contribution in [0.5, 0.6) is 0 Å². The van der Waals surface area contributed by atoms with Crippen LogP contribution in [-0.4, -0.2) is 20.5 Å². The van der Waals surface area contributed by atoms with E-state index in [9.17, 15) is 9.59 Å². The number of aromatic nitrogens is 2. The Morgan fingerprint density at radius 2 is 1.79 bits per heavy atom. The van der Waals surface area contributed by atoms with Crippen molar-refractivity contribution in [1.82, 2.24) is 14.5 Å². The van der Waals surface area contributed by atoms with Crippen LogP contribution in [0.25, 0.3) is 16.6 Å². The zero-order valence-corrected chi connectivity index (χ0v) is 22.1. The fourth-order valence-corrected chi connectivity index (χ4v) is 4.49. The van der Waals surface area contributed by atoms with Gasteiger partial charge in [0.25, 0.3) is 5.56 Å². The molecule has 0 radical (unpaired) electrons. The van der Waals surface area contributed by atoms with Gasteiger partial charge >= 0.3 is 6.03 Å². The Hall–Kier alpha value is -4.36. The second-order valence-electron chi connectivity index (χ2n) is 9.22. The lowest BCUT2D eigenvalue weighted by Gasteiger charge is -2.30. The van der Waals surface area contributed by atoms with Crippen molar-refractivity contribution in [2.45, 2.75) is 33.4 Å². The molecule has 192 valence electrons. The van der Waals surface area contributed by atoms with Crippen LogP contribution < -0.4 is 10.9 Å². The smallest absolute Gasteiger partial charge is 0.322 e. The Balaban J connectivity index is 1.64. The third-order valence-electron chi connectivity index (χ3n) is 6.65. The molecule has 0 bridgehead atoms. The second-order valence-corrected chi connectivity index (χ2v) is 9.65. The maximum Gasteiger partial charge on any atom is 0.322 e. The molecule has 0 aliphatic rings. The van der Waals surface area contributed by atoms with Gasteiger partial charge in [0.05, 0.1) is 35.4 Å². The highest BCUT2D eigenvalue weighted by Crippen LogP contribution is 2.26. The molecule has 8 heteroatoms. The number of carbonyl (C=O) groups excluding carboxylic acids is 1. The molecule has 0 saturated carbocycles. The van der Waals surface area contributed by atoms with Gasteiger partial charge < -0.3 is 14.6 Å². The summed E-state index contributed by atoms with van der Waals surface area (Å²) in [5.74, 6) is 1.04. The molecule has 7 nitrogen and oxygen atoms in total. The summed E-state index contributed by atoms with van der Waals surface area (Å²) in [6, 6.07) is 22.6. The minimum Gasteiger partial charge on any atom is -0.467 e. The zero-order valence-electron chi connectivity index (χ0n) is 21.3. The van der Waals surface area contributed by atoms with Crippen LogP contribution in [0.15, 0.2) is 94.3 Å². The minimum atomic E-state index is -0.605. The summed E-state index contributed by atoms with van der Waals surface area (Å²) < 4.78 is 7.18. The molecule has 0 fully saturated rings. The van der Waals surface area contributed by atoms with Gasteiger partial charge in [0.1, 0.15) is 11.6 Å². The number of urea groups is 1. The molecule has 0 saturated heterocycles. The van der Waals surface area contributed by atoms with E-state index in [1.54, 1.807) is 58.2 Å². The van der Waals surface area contributed by atoms with Gasteiger partial charge in [-0.2, -0.15) is 0 Å². The van der Waals surface area contributed by atoms with Gasteiger partial charge in [0.2, 0.25) is 0 Å². The Labute approximate surface area is 225 Å². The third-order valence-corrected chi connectivity index (χ3v) is 6.91. The van der Waals surface area contributed by atoms with Crippen LogP contribution in [0.1, 0.15) is 35.7 Å². The second kappa shape index (κ2) is 10.6. The third kappa shape index (κ3) is 5.06. The molecule has 0 spiro atoms. The SMILES string of the molecule is Cc1ccc(-n2c(C(C)N(Cc3ccco3)C(=O)Nc3ccc(Cl)cc3)nc3ccccc3c2=O)cc1C. The Morgan fingerprint density at radius 3 is 2.50 bits per heavy atom. The van der Waals surface area contributed by atoms with Gasteiger partial charge in [-0.3, -0.25) is 9.36 Å². The van der Waals surface area contributed by atoms with Crippen LogP contribution in [0.2, 0.25) is 5.02 Å². The maximum absolute atomic E-state index is 13.9. The molecule has 0 aliphatic carbocycles. The number of nitrogens with zero attached hydrogens (tertiary/aromatic N) is 3. The number of fused-ring (bicyclic) bond motifs is 1. The number of halogens is 1. The monoisotopic (exact) mass is 526 g/mol. The Bertz CT molecular complexity index is 1660. The van der Waals surface area contributed by atoms with Crippen molar-refractivity contribution in [3.63, 3.8) is 0 Å². The molecule has 0 aliphatic heterocycles. The van der Waals surface area contributed by atoms with E-state index in [4.69, 9.17) is 21.0 Å². The number of hydrogen-bond acceptors (Lipinski definition) is 4. The van der Waals surface area contributed by atoms with Crippen molar-refractivity contribution >= 4 is 34.2 Å². The Kier molecular flexibility index (Phi) is 7.03. The largest absolute Gasteiger partial charge is 0.467 e. The van der Waals surface area contributed by atoms with Crippen molar-refractivity contribution in [1.29, 1.82) is 0 Å². The highest BCUT2D eigenvalue weighted by molar-refractivity contribution is 6.30. The highest BCUT2D eigenvalue weighted by Gasteiger charge is 2.28. The highest BCUT2D eigenvalue weighted by atomic mass is 35.5. The number of benzene rings is 3. The van der Waals surface area contributed by atoms with Gasteiger partial charge in [0.15, 0.2) is 0 Å². The van der Waals surface area contributed by atoms with E-state index < -0.39 is 6.04 Å². The van der Waals surface area contributed by atoms with E-state index in [0.717, 1.165) is 11.1 Å². The molecule has 2 aromatic heterocycles. The van der Waals surface area contributed by atoms with Crippen LogP contribution >= 0.6 is 11.6 Å². The van der Waals surface area contributed by atoms with Crippen LogP contribution in [0, 0.1) is 13.8 Å². The van der Waals surface area contributed by atoms with E-state index in [-0.39, 0.29) is 18.1 Å². The zero-order chi connectivity index (χ0) is 26.8. The number of nitrogens with one attached hydrogen (secondary N) is 1. The summed E-state index contributed by atoms with van der Waals surface area (Å²) in [6.45, 7) is 6.06. The molecular weight excluding hydrogens is 500 g/mol. The average Bonchev–Trinajstić information content (AvgIpc) is 3.43. The predicted octanol–water partition coefficient (Wildman–Crippen LogP) is 7.04. The van der Waals surface area contributed by atoms with E-state index in [0.29, 0.717) is 38.9 Å². The van der Waals surface area contributed by atoms with Crippen molar-refractivity contribution in [3.05, 3.63) is 123 Å². The van der Waals surface area contributed by atoms with Crippen LogP contribution in [0.4, 0.5) is 10.5 Å². The van der Waals surface area contributed by atoms with Crippen molar-refractivity contribution in [2.24, 2.45) is 0 Å². The first-order valence-corrected chi connectivity index (χ1v) is 12.6. The molecule has 5 aromatic rings. The molecule has 1 N–H and O–H groups in total. The molecule has 1 atom stereocenters. The van der Waals surface area contributed by atoms with Crippen molar-refractivity contribution in [3.8, 4) is 5.69 Å². The minimum absolute atomic E-state index is 0.170. The van der Waals surface area contributed by atoms with Gasteiger partial charge in [0, 0.05) is 10.7 Å². The molecule has 1 unspecified atom stereocenters. The molecule has 2 heterocycles. The van der Waals surface area contributed by atoms with Crippen LogP contribution in [-0.2, 0) is 6.54 Å². The number of anilines is 1. The molecule has 2 amide bonds. The number of hydrogen-bond donors (Lipinski definition) is 1. The summed E-state index contributed by atoms with van der Waals surface area (Å²) in [5.41, 5.74) is 3.82. The van der Waals surface area contributed by atoms with Gasteiger partial charge in [-0.15, -0.1) is 0 Å². The first kappa shape index (κ1) is 25.3. The number of furan rings is 1. The fourth-order valence-electron chi connectivity index (χ4n) is 4.37. The predicted molar refractivity (Wildman–Crippen MR) is 150 cm³/mol. The van der Waals surface area contributed by atoms with Gasteiger partial charge in [-0.25, -0.2) is 9.78 Å². The quantitative estimate of drug-likeness (QED) is 0.257.